The second-order valence-corrected chi connectivity index (χ2v) is 8.07. The molecule has 1 atom stereocenters. The number of carbonyl (C=O) groups is 1. The van der Waals surface area contributed by atoms with Gasteiger partial charge in [0.25, 0.3) is 0 Å². The first-order valence-corrected chi connectivity index (χ1v) is 9.24. The summed E-state index contributed by atoms with van der Waals surface area (Å²) in [7, 11) is 0. The molecule has 1 amide bonds. The molecule has 0 aromatic carbocycles. The fourth-order valence-corrected chi connectivity index (χ4v) is 4.28. The first-order chi connectivity index (χ1) is 10.8. The van der Waals surface area contributed by atoms with Gasteiger partial charge in [-0.25, -0.2) is 0 Å². The Kier molecular flexibility index (Phi) is 5.92. The lowest BCUT2D eigenvalue weighted by molar-refractivity contribution is -0.131. The van der Waals surface area contributed by atoms with Crippen LogP contribution in [0.1, 0.15) is 59.8 Å². The van der Waals surface area contributed by atoms with Gasteiger partial charge in [0, 0.05) is 18.2 Å². The van der Waals surface area contributed by atoms with Crippen molar-refractivity contribution in [3.05, 3.63) is 30.2 Å². The normalized spacial score (nSPS) is 28.6. The van der Waals surface area contributed by atoms with Crippen molar-refractivity contribution in [2.24, 2.45) is 29.6 Å². The van der Waals surface area contributed by atoms with Gasteiger partial charge >= 0.3 is 0 Å². The lowest BCUT2D eigenvalue weighted by Gasteiger charge is -2.33. The van der Waals surface area contributed by atoms with Crippen LogP contribution in [0.25, 0.3) is 0 Å². The summed E-state index contributed by atoms with van der Waals surface area (Å²) in [5.74, 6) is 2.67. The smallest absolute Gasteiger partial charge is 0.230 e. The number of likely N-dealkylation sites (tertiary alicyclic amines) is 1. The minimum absolute atomic E-state index is 0.148. The highest BCUT2D eigenvalue weighted by Gasteiger charge is 2.38. The molecular formula is C21H33NO. The standard InChI is InChI=1S/C21H33NO/c1-7-19(14(2)3)18-10-8-17(9-11-18)13-22-16(6)12-20(15(4)5)21(22)23/h14-15,17-18,20H,1,6,8-13H2,2-5H3. The zero-order valence-electron chi connectivity index (χ0n) is 15.4. The van der Waals surface area contributed by atoms with Crippen LogP contribution in [0, 0.1) is 29.6 Å². The van der Waals surface area contributed by atoms with E-state index < -0.39 is 0 Å². The second-order valence-electron chi connectivity index (χ2n) is 8.07. The third-order valence-corrected chi connectivity index (χ3v) is 5.78. The number of allylic oxidation sites excluding steroid dienone is 2. The fraction of sp³-hybridized carbons (Fsp3) is 0.714. The van der Waals surface area contributed by atoms with Crippen LogP contribution in [0.5, 0.6) is 0 Å². The van der Waals surface area contributed by atoms with E-state index in [1.165, 1.54) is 31.3 Å². The number of hydrogen-bond acceptors (Lipinski definition) is 1. The molecule has 0 aromatic heterocycles. The van der Waals surface area contributed by atoms with Crippen molar-refractivity contribution in [3.8, 4) is 0 Å². The summed E-state index contributed by atoms with van der Waals surface area (Å²) < 4.78 is 0. The van der Waals surface area contributed by atoms with E-state index in [9.17, 15) is 4.79 Å². The molecule has 128 valence electrons. The zero-order chi connectivity index (χ0) is 17.1. The first-order valence-electron chi connectivity index (χ1n) is 9.24. The molecular weight excluding hydrogens is 282 g/mol. The van der Waals surface area contributed by atoms with Crippen molar-refractivity contribution >= 4 is 5.91 Å². The zero-order valence-corrected chi connectivity index (χ0v) is 15.4. The van der Waals surface area contributed by atoms with Gasteiger partial charge in [-0.2, -0.15) is 0 Å². The maximum absolute atomic E-state index is 12.6. The highest BCUT2D eigenvalue weighted by atomic mass is 16.2. The van der Waals surface area contributed by atoms with Gasteiger partial charge in [-0.15, -0.1) is 5.73 Å². The van der Waals surface area contributed by atoms with E-state index in [0.29, 0.717) is 29.6 Å². The minimum atomic E-state index is 0.148. The summed E-state index contributed by atoms with van der Waals surface area (Å²) in [4.78, 5) is 14.6. The van der Waals surface area contributed by atoms with Gasteiger partial charge < -0.3 is 4.90 Å². The highest BCUT2D eigenvalue weighted by molar-refractivity contribution is 5.84. The Hall–Kier alpha value is -1.27. The summed E-state index contributed by atoms with van der Waals surface area (Å²) in [6.07, 6.45) is 5.67. The molecule has 2 aliphatic rings. The van der Waals surface area contributed by atoms with E-state index >= 15 is 0 Å². The Labute approximate surface area is 142 Å². The maximum Gasteiger partial charge on any atom is 0.230 e. The van der Waals surface area contributed by atoms with Gasteiger partial charge in [0.2, 0.25) is 5.91 Å². The molecule has 1 aliphatic heterocycles. The van der Waals surface area contributed by atoms with Gasteiger partial charge in [-0.1, -0.05) is 40.9 Å². The molecule has 0 spiro atoms. The van der Waals surface area contributed by atoms with E-state index in [1.807, 2.05) is 4.90 Å². The molecule has 1 heterocycles. The number of hydrogen-bond donors (Lipinski definition) is 0. The van der Waals surface area contributed by atoms with Gasteiger partial charge in [0.1, 0.15) is 0 Å². The molecule has 0 aromatic rings. The van der Waals surface area contributed by atoms with E-state index in [-0.39, 0.29) is 5.92 Å². The van der Waals surface area contributed by atoms with E-state index in [2.05, 4.69) is 46.6 Å². The summed E-state index contributed by atoms with van der Waals surface area (Å²) in [6.45, 7) is 17.6. The highest BCUT2D eigenvalue weighted by Crippen LogP contribution is 2.38. The fourth-order valence-electron chi connectivity index (χ4n) is 4.28. The van der Waals surface area contributed by atoms with Crippen molar-refractivity contribution in [1.82, 2.24) is 4.90 Å². The quantitative estimate of drug-likeness (QED) is 0.640. The topological polar surface area (TPSA) is 20.3 Å². The average molecular weight is 316 g/mol. The van der Waals surface area contributed by atoms with Crippen molar-refractivity contribution in [1.29, 1.82) is 0 Å². The molecule has 0 N–H and O–H groups in total. The first kappa shape index (κ1) is 18.1. The van der Waals surface area contributed by atoms with E-state index in [4.69, 9.17) is 0 Å². The van der Waals surface area contributed by atoms with Crippen LogP contribution in [-0.2, 0) is 4.79 Å². The molecule has 2 rings (SSSR count). The molecule has 2 nitrogen and oxygen atoms in total. The maximum atomic E-state index is 12.6. The third-order valence-electron chi connectivity index (χ3n) is 5.78. The molecule has 0 bridgehead atoms. The molecule has 2 heteroatoms. The number of rotatable bonds is 5. The second kappa shape index (κ2) is 7.53. The number of carbonyl (C=O) groups excluding carboxylic acids is 1. The summed E-state index contributed by atoms with van der Waals surface area (Å²) in [5.41, 5.74) is 5.61. The van der Waals surface area contributed by atoms with Gasteiger partial charge in [-0.05, 0) is 61.3 Å². The van der Waals surface area contributed by atoms with Gasteiger partial charge in [0.15, 0.2) is 0 Å². The van der Waals surface area contributed by atoms with Crippen LogP contribution in [-0.4, -0.2) is 17.4 Å². The van der Waals surface area contributed by atoms with Crippen molar-refractivity contribution in [3.63, 3.8) is 0 Å². The minimum Gasteiger partial charge on any atom is -0.316 e. The van der Waals surface area contributed by atoms with E-state index in [1.54, 1.807) is 0 Å². The molecule has 1 saturated heterocycles. The molecule has 23 heavy (non-hydrogen) atoms. The Bertz CT molecular complexity index is 502. The molecule has 0 radical (unpaired) electrons. The van der Waals surface area contributed by atoms with Crippen LogP contribution in [0.15, 0.2) is 30.2 Å². The SMILES string of the molecule is C=C=C(C(C)C)C1CCC(CN2C(=C)CC(C(C)C)C2=O)CC1. The predicted molar refractivity (Wildman–Crippen MR) is 96.7 cm³/mol. The van der Waals surface area contributed by atoms with Crippen molar-refractivity contribution in [2.75, 3.05) is 6.54 Å². The average Bonchev–Trinajstić information content (AvgIpc) is 2.77. The monoisotopic (exact) mass is 315 g/mol. The van der Waals surface area contributed by atoms with Crippen molar-refractivity contribution in [2.45, 2.75) is 59.8 Å². The molecule has 1 unspecified atom stereocenters. The molecule has 2 fully saturated rings. The summed E-state index contributed by atoms with van der Waals surface area (Å²) in [5, 5.41) is 0. The summed E-state index contributed by atoms with van der Waals surface area (Å²) in [6, 6.07) is 0. The van der Waals surface area contributed by atoms with Crippen LogP contribution in [0.2, 0.25) is 0 Å². The lowest BCUT2D eigenvalue weighted by atomic mass is 9.76. The lowest BCUT2D eigenvalue weighted by Crippen LogP contribution is -2.34. The Morgan fingerprint density at radius 1 is 1.22 bits per heavy atom. The van der Waals surface area contributed by atoms with Crippen LogP contribution < -0.4 is 0 Å². The summed E-state index contributed by atoms with van der Waals surface area (Å²) >= 11 is 0. The number of nitrogens with zero attached hydrogens (tertiary/aromatic N) is 1. The third kappa shape index (κ3) is 3.98. The Morgan fingerprint density at radius 2 is 1.83 bits per heavy atom. The molecule has 1 saturated carbocycles. The Balaban J connectivity index is 1.91. The molecule has 1 aliphatic carbocycles. The van der Waals surface area contributed by atoms with Gasteiger partial charge in [0.05, 0.1) is 0 Å². The van der Waals surface area contributed by atoms with Crippen LogP contribution in [0.3, 0.4) is 0 Å². The number of amides is 1. The van der Waals surface area contributed by atoms with Crippen molar-refractivity contribution < 1.29 is 4.79 Å². The van der Waals surface area contributed by atoms with Gasteiger partial charge in [-0.3, -0.25) is 4.79 Å². The van der Waals surface area contributed by atoms with E-state index in [0.717, 1.165) is 18.7 Å². The predicted octanol–water partition coefficient (Wildman–Crippen LogP) is 5.18. The Morgan fingerprint density at radius 3 is 2.26 bits per heavy atom. The van der Waals surface area contributed by atoms with Crippen LogP contribution >= 0.6 is 0 Å². The van der Waals surface area contributed by atoms with Crippen LogP contribution in [0.4, 0.5) is 0 Å². The largest absolute Gasteiger partial charge is 0.316 e.